The second-order valence-corrected chi connectivity index (χ2v) is 8.73. The van der Waals surface area contributed by atoms with Gasteiger partial charge >= 0.3 is 6.09 Å². The Morgan fingerprint density at radius 1 is 1.10 bits per heavy atom. The van der Waals surface area contributed by atoms with E-state index in [-0.39, 0.29) is 24.3 Å². The Hall–Kier alpha value is -2.87. The number of hydrogen-bond donors (Lipinski definition) is 2. The minimum Gasteiger partial charge on any atom is -0.449 e. The molecule has 2 aromatic carbocycles. The number of likely N-dealkylation sites (tertiary alicyclic amines) is 1. The minimum absolute atomic E-state index is 0.206. The maximum atomic E-state index is 13.3. The van der Waals surface area contributed by atoms with Crippen molar-refractivity contribution in [3.63, 3.8) is 0 Å². The average molecular weight is 488 g/mol. The SMILES string of the molecule is CC(C)COC(=O)Nc1ccccc1C(=O)N1CCCC1C(=O)Nc1ccc(Br)cc1. The molecule has 0 aromatic heterocycles. The lowest BCUT2D eigenvalue weighted by Gasteiger charge is -2.25. The maximum Gasteiger partial charge on any atom is 0.411 e. The summed E-state index contributed by atoms with van der Waals surface area (Å²) >= 11 is 3.37. The molecule has 1 aliphatic rings. The summed E-state index contributed by atoms with van der Waals surface area (Å²) in [6.45, 7) is 4.64. The summed E-state index contributed by atoms with van der Waals surface area (Å²) in [5, 5.41) is 5.52. The fourth-order valence-electron chi connectivity index (χ4n) is 3.36. The van der Waals surface area contributed by atoms with Crippen LogP contribution in [0.3, 0.4) is 0 Å². The lowest BCUT2D eigenvalue weighted by molar-refractivity contribution is -0.119. The van der Waals surface area contributed by atoms with Gasteiger partial charge in [0.1, 0.15) is 6.04 Å². The number of rotatable bonds is 6. The summed E-state index contributed by atoms with van der Waals surface area (Å²) in [6, 6.07) is 13.5. The Morgan fingerprint density at radius 2 is 1.81 bits per heavy atom. The molecule has 7 nitrogen and oxygen atoms in total. The van der Waals surface area contributed by atoms with Crippen LogP contribution >= 0.6 is 15.9 Å². The number of hydrogen-bond acceptors (Lipinski definition) is 4. The zero-order valence-corrected chi connectivity index (χ0v) is 19.1. The molecule has 3 rings (SSSR count). The number of carbonyl (C=O) groups excluding carboxylic acids is 3. The van der Waals surface area contributed by atoms with Gasteiger partial charge in [0.2, 0.25) is 5.91 Å². The zero-order valence-electron chi connectivity index (χ0n) is 17.6. The standard InChI is InChI=1S/C23H26BrN3O4/c1-15(2)14-31-23(30)26-19-7-4-3-6-18(19)22(29)27-13-5-8-20(27)21(28)25-17-11-9-16(24)10-12-17/h3-4,6-7,9-12,15,20H,5,8,13-14H2,1-2H3,(H,25,28)(H,26,30). The van der Waals surface area contributed by atoms with Crippen LogP contribution in [0, 0.1) is 5.92 Å². The molecule has 1 saturated heterocycles. The van der Waals surface area contributed by atoms with Crippen molar-refractivity contribution in [2.75, 3.05) is 23.8 Å². The Labute approximate surface area is 190 Å². The molecule has 1 fully saturated rings. The molecule has 3 amide bonds. The van der Waals surface area contributed by atoms with E-state index in [9.17, 15) is 14.4 Å². The number of amides is 3. The molecule has 1 aliphatic heterocycles. The highest BCUT2D eigenvalue weighted by atomic mass is 79.9. The third-order valence-electron chi connectivity index (χ3n) is 4.87. The van der Waals surface area contributed by atoms with E-state index in [0.717, 1.165) is 10.9 Å². The number of anilines is 2. The van der Waals surface area contributed by atoms with Crippen LogP contribution in [0.5, 0.6) is 0 Å². The molecule has 2 N–H and O–H groups in total. The van der Waals surface area contributed by atoms with E-state index < -0.39 is 12.1 Å². The van der Waals surface area contributed by atoms with Gasteiger partial charge in [-0.2, -0.15) is 0 Å². The van der Waals surface area contributed by atoms with Crippen molar-refractivity contribution < 1.29 is 19.1 Å². The molecule has 0 bridgehead atoms. The first kappa shape index (κ1) is 22.8. The second kappa shape index (κ2) is 10.4. The van der Waals surface area contributed by atoms with E-state index >= 15 is 0 Å². The Kier molecular flexibility index (Phi) is 7.68. The summed E-state index contributed by atoms with van der Waals surface area (Å²) in [7, 11) is 0. The van der Waals surface area contributed by atoms with Gasteiger partial charge in [-0.15, -0.1) is 0 Å². The smallest absolute Gasteiger partial charge is 0.411 e. The van der Waals surface area contributed by atoms with Gasteiger partial charge in [-0.05, 0) is 55.2 Å². The van der Waals surface area contributed by atoms with Crippen molar-refractivity contribution >= 4 is 45.2 Å². The van der Waals surface area contributed by atoms with Crippen LogP contribution in [0.15, 0.2) is 53.0 Å². The topological polar surface area (TPSA) is 87.7 Å². The molecule has 0 spiro atoms. The first-order chi connectivity index (χ1) is 14.8. The molecular formula is C23H26BrN3O4. The number of nitrogens with one attached hydrogen (secondary N) is 2. The summed E-state index contributed by atoms with van der Waals surface area (Å²) in [6.07, 6.45) is 0.705. The summed E-state index contributed by atoms with van der Waals surface area (Å²) < 4.78 is 6.08. The molecule has 2 aromatic rings. The van der Waals surface area contributed by atoms with Gasteiger partial charge in [0.05, 0.1) is 17.9 Å². The molecule has 1 unspecified atom stereocenters. The first-order valence-electron chi connectivity index (χ1n) is 10.3. The van der Waals surface area contributed by atoms with Crippen LogP contribution in [0.4, 0.5) is 16.2 Å². The van der Waals surface area contributed by atoms with Gasteiger partial charge < -0.3 is 15.0 Å². The summed E-state index contributed by atoms with van der Waals surface area (Å²) in [4.78, 5) is 39.8. The monoisotopic (exact) mass is 487 g/mol. The Balaban J connectivity index is 1.72. The Morgan fingerprint density at radius 3 is 2.52 bits per heavy atom. The average Bonchev–Trinajstić information content (AvgIpc) is 3.24. The third kappa shape index (κ3) is 6.07. The van der Waals surface area contributed by atoms with Crippen molar-refractivity contribution in [1.82, 2.24) is 4.90 Å². The van der Waals surface area contributed by atoms with Crippen molar-refractivity contribution in [1.29, 1.82) is 0 Å². The Bertz CT molecular complexity index is 946. The van der Waals surface area contributed by atoms with E-state index in [2.05, 4.69) is 26.6 Å². The number of carbonyl (C=O) groups is 3. The van der Waals surface area contributed by atoms with Crippen molar-refractivity contribution in [2.45, 2.75) is 32.7 Å². The molecule has 164 valence electrons. The van der Waals surface area contributed by atoms with Crippen molar-refractivity contribution in [2.24, 2.45) is 5.92 Å². The number of para-hydroxylation sites is 1. The summed E-state index contributed by atoms with van der Waals surface area (Å²) in [5.41, 5.74) is 1.36. The van der Waals surface area contributed by atoms with E-state index in [4.69, 9.17) is 4.74 Å². The summed E-state index contributed by atoms with van der Waals surface area (Å²) in [5.74, 6) is -0.319. The van der Waals surface area contributed by atoms with Crippen LogP contribution in [-0.4, -0.2) is 42.0 Å². The van der Waals surface area contributed by atoms with E-state index in [1.807, 2.05) is 26.0 Å². The second-order valence-electron chi connectivity index (χ2n) is 7.82. The first-order valence-corrected chi connectivity index (χ1v) is 11.0. The van der Waals surface area contributed by atoms with Gasteiger partial charge in [-0.25, -0.2) is 4.79 Å². The quantitative estimate of drug-likeness (QED) is 0.606. The highest BCUT2D eigenvalue weighted by Gasteiger charge is 2.35. The van der Waals surface area contributed by atoms with E-state index in [0.29, 0.717) is 29.9 Å². The molecule has 0 aliphatic carbocycles. The number of nitrogens with zero attached hydrogens (tertiary/aromatic N) is 1. The molecule has 8 heteroatoms. The maximum absolute atomic E-state index is 13.3. The van der Waals surface area contributed by atoms with Gasteiger partial charge in [-0.1, -0.05) is 41.9 Å². The number of ether oxygens (including phenoxy) is 1. The molecule has 0 saturated carbocycles. The van der Waals surface area contributed by atoms with Crippen LogP contribution in [0.1, 0.15) is 37.0 Å². The van der Waals surface area contributed by atoms with Crippen molar-refractivity contribution in [3.8, 4) is 0 Å². The predicted molar refractivity (Wildman–Crippen MR) is 123 cm³/mol. The van der Waals surface area contributed by atoms with Crippen LogP contribution in [0.25, 0.3) is 0 Å². The van der Waals surface area contributed by atoms with Gasteiger partial charge in [-0.3, -0.25) is 14.9 Å². The highest BCUT2D eigenvalue weighted by molar-refractivity contribution is 9.10. The lowest BCUT2D eigenvalue weighted by Crippen LogP contribution is -2.43. The highest BCUT2D eigenvalue weighted by Crippen LogP contribution is 2.25. The zero-order chi connectivity index (χ0) is 22.4. The van der Waals surface area contributed by atoms with Crippen molar-refractivity contribution in [3.05, 3.63) is 58.6 Å². The van der Waals surface area contributed by atoms with Gasteiger partial charge in [0.15, 0.2) is 0 Å². The number of halogens is 1. The minimum atomic E-state index is -0.611. The van der Waals surface area contributed by atoms with E-state index in [1.165, 1.54) is 0 Å². The normalized spacial score (nSPS) is 15.6. The van der Waals surface area contributed by atoms with Gasteiger partial charge in [0, 0.05) is 16.7 Å². The van der Waals surface area contributed by atoms with Crippen LogP contribution < -0.4 is 10.6 Å². The third-order valence-corrected chi connectivity index (χ3v) is 5.40. The lowest BCUT2D eigenvalue weighted by atomic mass is 10.1. The molecule has 0 radical (unpaired) electrons. The predicted octanol–water partition coefficient (Wildman–Crippen LogP) is 4.90. The van der Waals surface area contributed by atoms with Crippen LogP contribution in [0.2, 0.25) is 0 Å². The molecule has 31 heavy (non-hydrogen) atoms. The molecule has 1 heterocycles. The molecule has 1 atom stereocenters. The molecular weight excluding hydrogens is 462 g/mol. The van der Waals surface area contributed by atoms with E-state index in [1.54, 1.807) is 41.3 Å². The van der Waals surface area contributed by atoms with Crippen LogP contribution in [-0.2, 0) is 9.53 Å². The fraction of sp³-hybridized carbons (Fsp3) is 0.348. The van der Waals surface area contributed by atoms with Gasteiger partial charge in [0.25, 0.3) is 5.91 Å². The number of benzene rings is 2. The fourth-order valence-corrected chi connectivity index (χ4v) is 3.63. The largest absolute Gasteiger partial charge is 0.449 e.